The number of amides is 1. The van der Waals surface area contributed by atoms with Crippen molar-refractivity contribution in [3.63, 3.8) is 0 Å². The molecule has 2 N–H and O–H groups in total. The van der Waals surface area contributed by atoms with E-state index in [4.69, 9.17) is 17.3 Å². The molecule has 22 heavy (non-hydrogen) atoms. The monoisotopic (exact) mass is 339 g/mol. The Kier molecular flexibility index (Phi) is 4.12. The van der Waals surface area contributed by atoms with Crippen LogP contribution in [0.1, 0.15) is 6.42 Å². The lowest BCUT2D eigenvalue weighted by molar-refractivity contribution is -0.116. The number of carbonyl (C=O) groups excluding carboxylic acids is 1. The molecule has 0 spiro atoms. The molecule has 2 aromatic rings. The van der Waals surface area contributed by atoms with E-state index in [1.807, 2.05) is 0 Å². The van der Waals surface area contributed by atoms with Crippen molar-refractivity contribution in [2.24, 2.45) is 0 Å². The molecular weight excluding hydrogens is 329 g/mol. The predicted molar refractivity (Wildman–Crippen MR) is 82.3 cm³/mol. The Morgan fingerprint density at radius 3 is 2.95 bits per heavy atom. The number of benzene rings is 1. The van der Waals surface area contributed by atoms with Gasteiger partial charge < -0.3 is 10.6 Å². The molecule has 114 valence electrons. The molecule has 1 unspecified atom stereocenters. The van der Waals surface area contributed by atoms with E-state index < -0.39 is 5.82 Å². The highest BCUT2D eigenvalue weighted by atomic mass is 35.5. The third-order valence-corrected chi connectivity index (χ3v) is 4.62. The lowest BCUT2D eigenvalue weighted by Crippen LogP contribution is -2.28. The first-order chi connectivity index (χ1) is 10.5. The van der Waals surface area contributed by atoms with Gasteiger partial charge in [0.1, 0.15) is 12.1 Å². The van der Waals surface area contributed by atoms with E-state index in [0.717, 1.165) is 0 Å². The minimum atomic E-state index is -0.548. The van der Waals surface area contributed by atoms with Crippen molar-refractivity contribution in [2.75, 3.05) is 17.2 Å². The van der Waals surface area contributed by atoms with E-state index in [1.54, 1.807) is 6.07 Å². The number of rotatable bonds is 3. The van der Waals surface area contributed by atoms with Gasteiger partial charge in [-0.05, 0) is 24.6 Å². The Morgan fingerprint density at radius 1 is 1.41 bits per heavy atom. The van der Waals surface area contributed by atoms with Gasteiger partial charge >= 0.3 is 0 Å². The van der Waals surface area contributed by atoms with Crippen LogP contribution in [0.25, 0.3) is 0 Å². The molecule has 2 heterocycles. The summed E-state index contributed by atoms with van der Waals surface area (Å²) < 4.78 is 13.5. The number of halogens is 2. The lowest BCUT2D eigenvalue weighted by atomic mass is 10.3. The quantitative estimate of drug-likeness (QED) is 0.922. The zero-order chi connectivity index (χ0) is 15.7. The van der Waals surface area contributed by atoms with Crippen LogP contribution < -0.4 is 10.6 Å². The van der Waals surface area contributed by atoms with Gasteiger partial charge in [0, 0.05) is 12.2 Å². The second kappa shape index (κ2) is 6.05. The van der Waals surface area contributed by atoms with Crippen molar-refractivity contribution in [1.29, 1.82) is 0 Å². The van der Waals surface area contributed by atoms with Crippen molar-refractivity contribution in [2.45, 2.75) is 16.8 Å². The molecule has 1 aromatic carbocycles. The van der Waals surface area contributed by atoms with Gasteiger partial charge in [0.15, 0.2) is 5.16 Å². The van der Waals surface area contributed by atoms with E-state index in [0.29, 0.717) is 23.8 Å². The Labute approximate surface area is 134 Å². The highest BCUT2D eigenvalue weighted by Crippen LogP contribution is 2.32. The van der Waals surface area contributed by atoms with Crippen LogP contribution in [0.3, 0.4) is 0 Å². The summed E-state index contributed by atoms with van der Waals surface area (Å²) in [5, 5.41) is 0.0949. The van der Waals surface area contributed by atoms with Crippen LogP contribution in [-0.4, -0.2) is 32.7 Å². The van der Waals surface area contributed by atoms with Crippen molar-refractivity contribution in [3.05, 3.63) is 35.4 Å². The number of nitrogens with zero attached hydrogens (tertiary/aromatic N) is 4. The lowest BCUT2D eigenvalue weighted by Gasteiger charge is -2.16. The molecule has 1 amide bonds. The molecular formula is C13H11ClFN5OS. The first-order valence-electron chi connectivity index (χ1n) is 6.42. The highest BCUT2D eigenvalue weighted by molar-refractivity contribution is 8.00. The smallest absolute Gasteiger partial charge is 0.240 e. The summed E-state index contributed by atoms with van der Waals surface area (Å²) >= 11 is 6.88. The maximum Gasteiger partial charge on any atom is 0.240 e. The molecule has 1 aliphatic rings. The zero-order valence-electron chi connectivity index (χ0n) is 11.2. The van der Waals surface area contributed by atoms with E-state index in [2.05, 4.69) is 15.0 Å². The van der Waals surface area contributed by atoms with Gasteiger partial charge in [-0.1, -0.05) is 23.4 Å². The van der Waals surface area contributed by atoms with E-state index in [1.165, 1.54) is 35.1 Å². The van der Waals surface area contributed by atoms with Crippen LogP contribution in [-0.2, 0) is 4.79 Å². The Balaban J connectivity index is 1.75. The SMILES string of the molecule is Nc1ncnc(SC2CCN(c3ccc(Cl)c(F)c3)C2=O)n1. The van der Waals surface area contributed by atoms with Crippen LogP contribution >= 0.6 is 23.4 Å². The van der Waals surface area contributed by atoms with Gasteiger partial charge in [-0.15, -0.1) is 0 Å². The minimum absolute atomic E-state index is 0.0296. The molecule has 0 bridgehead atoms. The molecule has 0 radical (unpaired) electrons. The summed E-state index contributed by atoms with van der Waals surface area (Å²) in [5.74, 6) is -0.557. The molecule has 1 atom stereocenters. The number of hydrogen-bond donors (Lipinski definition) is 1. The van der Waals surface area contributed by atoms with Gasteiger partial charge in [0.2, 0.25) is 11.9 Å². The van der Waals surface area contributed by atoms with Crippen molar-refractivity contribution in [3.8, 4) is 0 Å². The van der Waals surface area contributed by atoms with Gasteiger partial charge in [-0.2, -0.15) is 4.98 Å². The first-order valence-corrected chi connectivity index (χ1v) is 7.68. The van der Waals surface area contributed by atoms with Crippen molar-refractivity contribution < 1.29 is 9.18 Å². The summed E-state index contributed by atoms with van der Waals surface area (Å²) in [4.78, 5) is 25.6. The zero-order valence-corrected chi connectivity index (χ0v) is 12.8. The molecule has 1 aromatic heterocycles. The molecule has 9 heteroatoms. The van der Waals surface area contributed by atoms with Gasteiger partial charge in [-0.3, -0.25) is 4.79 Å². The van der Waals surface area contributed by atoms with Crippen LogP contribution in [0.4, 0.5) is 16.0 Å². The molecule has 0 saturated carbocycles. The van der Waals surface area contributed by atoms with Gasteiger partial charge in [0.25, 0.3) is 0 Å². The van der Waals surface area contributed by atoms with E-state index >= 15 is 0 Å². The van der Waals surface area contributed by atoms with E-state index in [-0.39, 0.29) is 22.1 Å². The summed E-state index contributed by atoms with van der Waals surface area (Å²) in [7, 11) is 0. The van der Waals surface area contributed by atoms with Gasteiger partial charge in [-0.25, -0.2) is 14.4 Å². The molecule has 1 fully saturated rings. The standard InChI is InChI=1S/C13H11ClFN5OS/c14-8-2-1-7(5-9(8)15)20-4-3-10(11(20)21)22-13-18-6-17-12(16)19-13/h1-2,5-6,10H,3-4H2,(H2,16,17,18,19). The van der Waals surface area contributed by atoms with Crippen molar-refractivity contribution >= 4 is 40.9 Å². The maximum atomic E-state index is 13.5. The number of nitrogen functional groups attached to an aromatic ring is 1. The summed E-state index contributed by atoms with van der Waals surface area (Å²) in [6, 6.07) is 4.32. The fourth-order valence-electron chi connectivity index (χ4n) is 2.15. The Morgan fingerprint density at radius 2 is 2.23 bits per heavy atom. The van der Waals surface area contributed by atoms with E-state index in [9.17, 15) is 9.18 Å². The number of aromatic nitrogens is 3. The molecule has 1 saturated heterocycles. The normalized spacial score (nSPS) is 18.0. The topological polar surface area (TPSA) is 85.0 Å². The maximum absolute atomic E-state index is 13.5. The number of thioether (sulfide) groups is 1. The number of hydrogen-bond acceptors (Lipinski definition) is 6. The molecule has 6 nitrogen and oxygen atoms in total. The van der Waals surface area contributed by atoms with Crippen LogP contribution in [0.5, 0.6) is 0 Å². The molecule has 0 aliphatic carbocycles. The third kappa shape index (κ3) is 2.97. The first kappa shape index (κ1) is 15.0. The Bertz CT molecular complexity index is 731. The fourth-order valence-corrected chi connectivity index (χ4v) is 3.23. The average molecular weight is 340 g/mol. The average Bonchev–Trinajstić information content (AvgIpc) is 2.83. The Hall–Kier alpha value is -1.93. The van der Waals surface area contributed by atoms with Crippen LogP contribution in [0.15, 0.2) is 29.7 Å². The minimum Gasteiger partial charge on any atom is -0.368 e. The van der Waals surface area contributed by atoms with Crippen LogP contribution in [0, 0.1) is 5.82 Å². The number of carbonyl (C=O) groups is 1. The predicted octanol–water partition coefficient (Wildman–Crippen LogP) is 2.14. The molecule has 1 aliphatic heterocycles. The fraction of sp³-hybridized carbons (Fsp3) is 0.231. The summed E-state index contributed by atoms with van der Waals surface area (Å²) in [5.41, 5.74) is 5.98. The highest BCUT2D eigenvalue weighted by Gasteiger charge is 2.34. The van der Waals surface area contributed by atoms with Crippen molar-refractivity contribution in [1.82, 2.24) is 15.0 Å². The summed E-state index contributed by atoms with van der Waals surface area (Å²) in [6.07, 6.45) is 1.91. The number of nitrogens with two attached hydrogens (primary N) is 1. The van der Waals surface area contributed by atoms with Crippen LogP contribution in [0.2, 0.25) is 5.02 Å². The third-order valence-electron chi connectivity index (χ3n) is 3.19. The van der Waals surface area contributed by atoms with Gasteiger partial charge in [0.05, 0.1) is 10.3 Å². The largest absolute Gasteiger partial charge is 0.368 e. The number of anilines is 2. The summed E-state index contributed by atoms with van der Waals surface area (Å²) in [6.45, 7) is 0.498. The second-order valence-corrected chi connectivity index (χ2v) is 6.19. The second-order valence-electron chi connectivity index (χ2n) is 4.61. The molecule has 3 rings (SSSR count).